The van der Waals surface area contributed by atoms with Crippen molar-refractivity contribution in [3.8, 4) is 11.8 Å². The van der Waals surface area contributed by atoms with E-state index in [2.05, 4.69) is 15.3 Å². The van der Waals surface area contributed by atoms with Gasteiger partial charge in [0.2, 0.25) is 0 Å². The number of alkyl carbamates (subject to hydrolysis) is 1. The summed E-state index contributed by atoms with van der Waals surface area (Å²) in [6.45, 7) is 6.48. The van der Waals surface area contributed by atoms with Crippen molar-refractivity contribution in [3.05, 3.63) is 36.3 Å². The number of carbonyl (C=O) groups excluding carboxylic acids is 1. The second-order valence-corrected chi connectivity index (χ2v) is 7.94. The molecular formula is C21H29FN4O4. The summed E-state index contributed by atoms with van der Waals surface area (Å²) in [4.78, 5) is 22.2. The molecule has 0 atom stereocenters. The molecule has 0 unspecified atom stereocenters. The van der Waals surface area contributed by atoms with Gasteiger partial charge in [-0.15, -0.1) is 0 Å². The van der Waals surface area contributed by atoms with Crippen LogP contribution in [0.25, 0.3) is 10.9 Å². The van der Waals surface area contributed by atoms with Gasteiger partial charge in [-0.2, -0.15) is 4.98 Å². The number of hydrogen-bond donors (Lipinski definition) is 1. The van der Waals surface area contributed by atoms with Crippen LogP contribution in [0.3, 0.4) is 0 Å². The minimum Gasteiger partial charge on any atom is -0.489 e. The van der Waals surface area contributed by atoms with E-state index in [1.54, 1.807) is 45.2 Å². The molecule has 0 radical (unpaired) electrons. The van der Waals surface area contributed by atoms with Crippen LogP contribution in [0.1, 0.15) is 20.8 Å². The maximum Gasteiger partial charge on any atom is 0.407 e. The van der Waals surface area contributed by atoms with Crippen LogP contribution in [0, 0.1) is 0 Å². The van der Waals surface area contributed by atoms with Gasteiger partial charge in [0.15, 0.2) is 0 Å². The molecule has 0 fully saturated rings. The van der Waals surface area contributed by atoms with Crippen molar-refractivity contribution < 1.29 is 23.4 Å². The highest BCUT2D eigenvalue weighted by Gasteiger charge is 2.16. The van der Waals surface area contributed by atoms with Gasteiger partial charge in [-0.25, -0.2) is 14.2 Å². The Morgan fingerprint density at radius 3 is 2.70 bits per heavy atom. The second-order valence-electron chi connectivity index (χ2n) is 7.94. The Kier molecular flexibility index (Phi) is 8.35. The van der Waals surface area contributed by atoms with E-state index >= 15 is 0 Å². The highest BCUT2D eigenvalue weighted by molar-refractivity contribution is 5.79. The molecule has 164 valence electrons. The number of aromatic nitrogens is 2. The molecule has 1 heterocycles. The number of rotatable bonds is 9. The summed E-state index contributed by atoms with van der Waals surface area (Å²) in [6, 6.07) is 5.59. The van der Waals surface area contributed by atoms with Gasteiger partial charge in [-0.3, -0.25) is 0 Å². The van der Waals surface area contributed by atoms with Gasteiger partial charge in [0.25, 0.3) is 0 Å². The Bertz CT molecular complexity index is 881. The summed E-state index contributed by atoms with van der Waals surface area (Å²) in [5.41, 5.74) is 0.358. The predicted molar refractivity (Wildman–Crippen MR) is 113 cm³/mol. The van der Waals surface area contributed by atoms with E-state index in [1.807, 2.05) is 19.0 Å². The van der Waals surface area contributed by atoms with Crippen molar-refractivity contribution in [1.82, 2.24) is 20.2 Å². The molecule has 0 aliphatic heterocycles. The lowest BCUT2D eigenvalue weighted by Crippen LogP contribution is -2.34. The maximum absolute atomic E-state index is 13.1. The predicted octanol–water partition coefficient (Wildman–Crippen LogP) is 3.33. The van der Waals surface area contributed by atoms with Crippen molar-refractivity contribution >= 4 is 17.0 Å². The van der Waals surface area contributed by atoms with E-state index in [9.17, 15) is 9.18 Å². The van der Waals surface area contributed by atoms with Gasteiger partial charge < -0.3 is 24.4 Å². The molecule has 0 aliphatic rings. The minimum atomic E-state index is -0.620. The quantitative estimate of drug-likeness (QED) is 0.666. The second kappa shape index (κ2) is 10.7. The highest BCUT2D eigenvalue weighted by Crippen LogP contribution is 2.21. The molecule has 0 bridgehead atoms. The highest BCUT2D eigenvalue weighted by atomic mass is 19.1. The van der Waals surface area contributed by atoms with Crippen molar-refractivity contribution in [1.29, 1.82) is 0 Å². The molecule has 0 saturated heterocycles. The van der Waals surface area contributed by atoms with E-state index in [0.29, 0.717) is 30.2 Å². The Hall–Kier alpha value is -2.94. The third kappa shape index (κ3) is 8.20. The molecule has 0 spiro atoms. The van der Waals surface area contributed by atoms with E-state index in [1.165, 1.54) is 0 Å². The number of hydrogen-bond acceptors (Lipinski definition) is 7. The smallest absolute Gasteiger partial charge is 0.407 e. The molecule has 8 nitrogen and oxygen atoms in total. The lowest BCUT2D eigenvalue weighted by Gasteiger charge is -2.20. The number of benzene rings is 1. The number of amides is 1. The average molecular weight is 420 g/mol. The maximum atomic E-state index is 13.1. The first-order valence-electron chi connectivity index (χ1n) is 9.58. The van der Waals surface area contributed by atoms with Gasteiger partial charge in [0, 0.05) is 30.2 Å². The SMILES string of the molecule is CN(C)CCOc1ncc2cc(OC/C(=C/F)CNC(=O)OC(C)(C)C)ccc2n1. The molecule has 30 heavy (non-hydrogen) atoms. The standard InChI is InChI=1S/C21H29FN4O4/c1-21(2,3)30-20(27)24-12-15(11-22)14-29-17-6-7-18-16(10-17)13-23-19(25-18)28-9-8-26(4)5/h6-7,10-11,13H,8-9,12,14H2,1-5H3,(H,24,27)/b15-11+. The normalized spacial score (nSPS) is 12.2. The first kappa shape index (κ1) is 23.3. The minimum absolute atomic E-state index is 0.0181. The van der Waals surface area contributed by atoms with Crippen LogP contribution < -0.4 is 14.8 Å². The number of carbonyl (C=O) groups is 1. The van der Waals surface area contributed by atoms with Crippen LogP contribution in [0.2, 0.25) is 0 Å². The zero-order valence-electron chi connectivity index (χ0n) is 18.1. The van der Waals surface area contributed by atoms with Crippen LogP contribution in [-0.4, -0.2) is 67.0 Å². The van der Waals surface area contributed by atoms with Crippen molar-refractivity contribution in [2.75, 3.05) is 40.4 Å². The Morgan fingerprint density at radius 2 is 2.03 bits per heavy atom. The third-order valence-corrected chi connectivity index (χ3v) is 3.74. The summed E-state index contributed by atoms with van der Waals surface area (Å²) >= 11 is 0. The van der Waals surface area contributed by atoms with Crippen LogP contribution in [0.4, 0.5) is 9.18 Å². The zero-order chi connectivity index (χ0) is 22.1. The molecule has 1 N–H and O–H groups in total. The van der Waals surface area contributed by atoms with E-state index < -0.39 is 11.7 Å². The molecular weight excluding hydrogens is 391 g/mol. The Morgan fingerprint density at radius 1 is 1.27 bits per heavy atom. The topological polar surface area (TPSA) is 85.8 Å². The fraction of sp³-hybridized carbons (Fsp3) is 0.476. The summed E-state index contributed by atoms with van der Waals surface area (Å²) in [7, 11) is 3.92. The van der Waals surface area contributed by atoms with E-state index in [-0.39, 0.29) is 18.7 Å². The largest absolute Gasteiger partial charge is 0.489 e. The number of ether oxygens (including phenoxy) is 3. The molecule has 0 aliphatic carbocycles. The summed E-state index contributed by atoms with van der Waals surface area (Å²) in [6.07, 6.45) is 1.45. The number of fused-ring (bicyclic) bond motifs is 1. The fourth-order valence-corrected chi connectivity index (χ4v) is 2.27. The molecule has 0 saturated carbocycles. The molecule has 9 heteroatoms. The van der Waals surface area contributed by atoms with Crippen molar-refractivity contribution in [2.45, 2.75) is 26.4 Å². The van der Waals surface area contributed by atoms with Crippen molar-refractivity contribution in [2.24, 2.45) is 0 Å². The van der Waals surface area contributed by atoms with Gasteiger partial charge >= 0.3 is 12.1 Å². The van der Waals surface area contributed by atoms with E-state index in [0.717, 1.165) is 11.9 Å². The third-order valence-electron chi connectivity index (χ3n) is 3.74. The number of nitrogens with zero attached hydrogens (tertiary/aromatic N) is 3. The lowest BCUT2D eigenvalue weighted by molar-refractivity contribution is 0.0531. The first-order valence-corrected chi connectivity index (χ1v) is 9.58. The van der Waals surface area contributed by atoms with Gasteiger partial charge in [0.1, 0.15) is 24.6 Å². The molecule has 2 aromatic rings. The monoisotopic (exact) mass is 420 g/mol. The molecule has 1 aromatic carbocycles. The lowest BCUT2D eigenvalue weighted by atomic mass is 10.2. The van der Waals surface area contributed by atoms with Crippen LogP contribution in [0.5, 0.6) is 11.8 Å². The summed E-state index contributed by atoms with van der Waals surface area (Å²) in [5.74, 6) is 0.531. The Balaban J connectivity index is 1.89. The summed E-state index contributed by atoms with van der Waals surface area (Å²) < 4.78 is 29.4. The summed E-state index contributed by atoms with van der Waals surface area (Å²) in [5, 5.41) is 3.27. The van der Waals surface area contributed by atoms with Gasteiger partial charge in [0.05, 0.1) is 11.8 Å². The number of likely N-dealkylation sites (N-methyl/N-ethyl adjacent to an activating group) is 1. The first-order chi connectivity index (χ1) is 14.2. The average Bonchev–Trinajstić information content (AvgIpc) is 2.66. The van der Waals surface area contributed by atoms with Gasteiger partial charge in [-0.1, -0.05) is 0 Å². The van der Waals surface area contributed by atoms with Crippen molar-refractivity contribution in [3.63, 3.8) is 0 Å². The Labute approximate surface area is 176 Å². The van der Waals surface area contributed by atoms with Gasteiger partial charge in [-0.05, 0) is 53.1 Å². The zero-order valence-corrected chi connectivity index (χ0v) is 18.1. The number of nitrogens with one attached hydrogen (secondary N) is 1. The van der Waals surface area contributed by atoms with E-state index in [4.69, 9.17) is 14.2 Å². The van der Waals surface area contributed by atoms with Crippen LogP contribution in [-0.2, 0) is 4.74 Å². The fourth-order valence-electron chi connectivity index (χ4n) is 2.27. The molecule has 1 aromatic heterocycles. The van der Waals surface area contributed by atoms with Crippen LogP contribution >= 0.6 is 0 Å². The molecule has 2 rings (SSSR count). The molecule has 1 amide bonds. The van der Waals surface area contributed by atoms with Crippen LogP contribution in [0.15, 0.2) is 36.3 Å². The number of halogens is 1.